The number of fused-ring (bicyclic) bond motifs is 1. The number of hydrogen-bond donors (Lipinski definition) is 2. The standard InChI is InChI=1S/C22H22N4O4/c1-25(16-5-3-2-4-6-16)20(27)14-9-11-26(12-10-14)21(28)15-7-8-18-17(13-15)19(22(29)30)24-23-18/h2-8,13-14H,9-12H2,1H3,(H,23,24)(H,29,30). The van der Waals surface area contributed by atoms with Crippen molar-refractivity contribution in [2.24, 2.45) is 5.92 Å². The summed E-state index contributed by atoms with van der Waals surface area (Å²) in [6.45, 7) is 0.958. The molecule has 0 unspecified atom stereocenters. The molecule has 0 saturated carbocycles. The van der Waals surface area contributed by atoms with Gasteiger partial charge in [0.25, 0.3) is 5.91 Å². The zero-order valence-corrected chi connectivity index (χ0v) is 16.5. The summed E-state index contributed by atoms with van der Waals surface area (Å²) < 4.78 is 0. The van der Waals surface area contributed by atoms with Gasteiger partial charge >= 0.3 is 5.97 Å². The largest absolute Gasteiger partial charge is 0.476 e. The highest BCUT2D eigenvalue weighted by Crippen LogP contribution is 2.25. The van der Waals surface area contributed by atoms with Gasteiger partial charge in [-0.3, -0.25) is 14.7 Å². The maximum Gasteiger partial charge on any atom is 0.357 e. The van der Waals surface area contributed by atoms with Crippen molar-refractivity contribution in [3.05, 3.63) is 59.8 Å². The van der Waals surface area contributed by atoms with Gasteiger partial charge in [0, 0.05) is 42.7 Å². The molecule has 8 heteroatoms. The second-order valence-electron chi connectivity index (χ2n) is 7.44. The minimum absolute atomic E-state index is 0.0548. The summed E-state index contributed by atoms with van der Waals surface area (Å²) in [4.78, 5) is 40.4. The third kappa shape index (κ3) is 3.63. The number of carbonyl (C=O) groups excluding carboxylic acids is 2. The molecule has 0 radical (unpaired) electrons. The number of aromatic nitrogens is 2. The van der Waals surface area contributed by atoms with Gasteiger partial charge in [-0.2, -0.15) is 5.10 Å². The summed E-state index contributed by atoms with van der Waals surface area (Å²) in [5.74, 6) is -1.39. The van der Waals surface area contributed by atoms with Gasteiger partial charge in [-0.05, 0) is 43.2 Å². The number of anilines is 1. The number of aromatic amines is 1. The molecule has 0 atom stereocenters. The molecule has 4 rings (SSSR count). The molecule has 2 N–H and O–H groups in total. The number of carboxylic acids is 1. The highest BCUT2D eigenvalue weighted by atomic mass is 16.4. The normalized spacial score (nSPS) is 14.6. The molecule has 154 valence electrons. The monoisotopic (exact) mass is 406 g/mol. The summed E-state index contributed by atoms with van der Waals surface area (Å²) in [7, 11) is 1.77. The Morgan fingerprint density at radius 3 is 2.47 bits per heavy atom. The van der Waals surface area contributed by atoms with E-state index in [0.717, 1.165) is 5.69 Å². The fourth-order valence-corrected chi connectivity index (χ4v) is 3.87. The molecule has 2 heterocycles. The molecule has 1 aliphatic rings. The Morgan fingerprint density at radius 1 is 1.10 bits per heavy atom. The van der Waals surface area contributed by atoms with E-state index in [9.17, 15) is 19.5 Å². The number of rotatable bonds is 4. The van der Waals surface area contributed by atoms with Gasteiger partial charge in [-0.25, -0.2) is 4.79 Å². The van der Waals surface area contributed by atoms with Crippen LogP contribution in [0.25, 0.3) is 10.9 Å². The van der Waals surface area contributed by atoms with Crippen LogP contribution in [0.2, 0.25) is 0 Å². The summed E-state index contributed by atoms with van der Waals surface area (Å²) >= 11 is 0. The Balaban J connectivity index is 1.43. The number of nitrogens with zero attached hydrogens (tertiary/aromatic N) is 3. The van der Waals surface area contributed by atoms with E-state index in [1.165, 1.54) is 0 Å². The molecule has 1 aromatic heterocycles. The maximum absolute atomic E-state index is 12.9. The average molecular weight is 406 g/mol. The lowest BCUT2D eigenvalue weighted by Crippen LogP contribution is -2.43. The number of carbonyl (C=O) groups is 3. The lowest BCUT2D eigenvalue weighted by atomic mass is 9.94. The number of benzene rings is 2. The molecule has 0 aliphatic carbocycles. The van der Waals surface area contributed by atoms with Gasteiger partial charge in [0.1, 0.15) is 0 Å². The van der Waals surface area contributed by atoms with Crippen molar-refractivity contribution < 1.29 is 19.5 Å². The van der Waals surface area contributed by atoms with Crippen LogP contribution in [-0.2, 0) is 4.79 Å². The smallest absolute Gasteiger partial charge is 0.357 e. The van der Waals surface area contributed by atoms with Gasteiger partial charge in [0.05, 0.1) is 5.52 Å². The number of carboxylic acid groups (broad SMARTS) is 1. The Morgan fingerprint density at radius 2 is 1.80 bits per heavy atom. The van der Waals surface area contributed by atoms with Crippen LogP contribution in [0.5, 0.6) is 0 Å². The number of para-hydroxylation sites is 1. The van der Waals surface area contributed by atoms with E-state index < -0.39 is 5.97 Å². The molecular weight excluding hydrogens is 384 g/mol. The van der Waals surface area contributed by atoms with Crippen LogP contribution in [0.15, 0.2) is 48.5 Å². The van der Waals surface area contributed by atoms with Crippen LogP contribution in [-0.4, -0.2) is 58.1 Å². The van der Waals surface area contributed by atoms with Crippen LogP contribution in [0, 0.1) is 5.92 Å². The minimum atomic E-state index is -1.15. The minimum Gasteiger partial charge on any atom is -0.476 e. The molecule has 1 saturated heterocycles. The zero-order chi connectivity index (χ0) is 21.3. The predicted octanol–water partition coefficient (Wildman–Crippen LogP) is 2.78. The third-order valence-corrected chi connectivity index (χ3v) is 5.62. The van der Waals surface area contributed by atoms with Crippen molar-refractivity contribution in [3.8, 4) is 0 Å². The molecule has 30 heavy (non-hydrogen) atoms. The van der Waals surface area contributed by atoms with Crippen molar-refractivity contribution in [1.82, 2.24) is 15.1 Å². The van der Waals surface area contributed by atoms with Gasteiger partial charge in [-0.1, -0.05) is 18.2 Å². The topological polar surface area (TPSA) is 107 Å². The Hall–Kier alpha value is -3.68. The van der Waals surface area contributed by atoms with Crippen molar-refractivity contribution in [2.45, 2.75) is 12.8 Å². The van der Waals surface area contributed by atoms with Crippen LogP contribution in [0.1, 0.15) is 33.7 Å². The number of H-pyrrole nitrogens is 1. The van der Waals surface area contributed by atoms with Gasteiger partial charge in [0.15, 0.2) is 5.69 Å². The molecular formula is C22H22N4O4. The average Bonchev–Trinajstić information content (AvgIpc) is 3.22. The first-order valence-electron chi connectivity index (χ1n) is 9.79. The number of amides is 2. The fraction of sp³-hybridized carbons (Fsp3) is 0.273. The molecule has 0 bridgehead atoms. The molecule has 2 amide bonds. The van der Waals surface area contributed by atoms with E-state index in [-0.39, 0.29) is 23.4 Å². The van der Waals surface area contributed by atoms with Crippen LogP contribution in [0.3, 0.4) is 0 Å². The number of likely N-dealkylation sites (tertiary alicyclic amines) is 1. The highest BCUT2D eigenvalue weighted by molar-refractivity contribution is 6.04. The zero-order valence-electron chi connectivity index (χ0n) is 16.5. The van der Waals surface area contributed by atoms with Gasteiger partial charge in [0.2, 0.25) is 5.91 Å². The summed E-state index contributed by atoms with van der Waals surface area (Å²) in [5, 5.41) is 16.1. The van der Waals surface area contributed by atoms with Crippen LogP contribution < -0.4 is 4.90 Å². The van der Waals surface area contributed by atoms with E-state index in [0.29, 0.717) is 42.4 Å². The molecule has 1 fully saturated rings. The van der Waals surface area contributed by atoms with Gasteiger partial charge in [-0.15, -0.1) is 0 Å². The second kappa shape index (κ2) is 7.98. The Kier molecular flexibility index (Phi) is 5.22. The molecule has 2 aromatic carbocycles. The Labute approximate surface area is 173 Å². The van der Waals surface area contributed by atoms with E-state index in [4.69, 9.17) is 0 Å². The maximum atomic E-state index is 12.9. The van der Waals surface area contributed by atoms with E-state index in [2.05, 4.69) is 10.2 Å². The van der Waals surface area contributed by atoms with Crippen LogP contribution in [0.4, 0.5) is 5.69 Å². The van der Waals surface area contributed by atoms with Crippen molar-refractivity contribution >= 4 is 34.4 Å². The van der Waals surface area contributed by atoms with E-state index in [1.807, 2.05) is 30.3 Å². The first-order valence-corrected chi connectivity index (χ1v) is 9.79. The second-order valence-corrected chi connectivity index (χ2v) is 7.44. The number of nitrogens with one attached hydrogen (secondary N) is 1. The van der Waals surface area contributed by atoms with E-state index in [1.54, 1.807) is 35.0 Å². The number of hydrogen-bond acceptors (Lipinski definition) is 4. The Bertz CT molecular complexity index is 1100. The van der Waals surface area contributed by atoms with Crippen molar-refractivity contribution in [3.63, 3.8) is 0 Å². The molecule has 3 aromatic rings. The molecule has 0 spiro atoms. The number of aromatic carboxylic acids is 1. The summed E-state index contributed by atoms with van der Waals surface area (Å²) in [6.07, 6.45) is 1.19. The lowest BCUT2D eigenvalue weighted by molar-refractivity contribution is -0.123. The van der Waals surface area contributed by atoms with Crippen LogP contribution >= 0.6 is 0 Å². The highest BCUT2D eigenvalue weighted by Gasteiger charge is 2.30. The van der Waals surface area contributed by atoms with Gasteiger partial charge < -0.3 is 14.9 Å². The van der Waals surface area contributed by atoms with E-state index >= 15 is 0 Å². The third-order valence-electron chi connectivity index (χ3n) is 5.62. The first-order chi connectivity index (χ1) is 14.5. The first kappa shape index (κ1) is 19.6. The number of piperidine rings is 1. The SMILES string of the molecule is CN(C(=O)C1CCN(C(=O)c2ccc3[nH]nc(C(=O)O)c3c2)CC1)c1ccccc1. The fourth-order valence-electron chi connectivity index (χ4n) is 3.87. The molecule has 1 aliphatic heterocycles. The molecule has 8 nitrogen and oxygen atoms in total. The van der Waals surface area contributed by atoms with Crippen molar-refractivity contribution in [2.75, 3.05) is 25.0 Å². The quantitative estimate of drug-likeness (QED) is 0.693. The summed E-state index contributed by atoms with van der Waals surface area (Å²) in [5.41, 5.74) is 1.73. The predicted molar refractivity (Wildman–Crippen MR) is 112 cm³/mol. The summed E-state index contributed by atoms with van der Waals surface area (Å²) in [6, 6.07) is 14.4. The lowest BCUT2D eigenvalue weighted by Gasteiger charge is -2.33. The van der Waals surface area contributed by atoms with Crippen molar-refractivity contribution in [1.29, 1.82) is 0 Å².